The average molecular weight is 205 g/mol. The van der Waals surface area contributed by atoms with Crippen LogP contribution in [0.3, 0.4) is 0 Å². The Kier molecular flexibility index (Phi) is 1.87. The van der Waals surface area contributed by atoms with Gasteiger partial charge in [0, 0.05) is 6.04 Å². The number of hydrogen-bond acceptors (Lipinski definition) is 2. The Morgan fingerprint density at radius 2 is 2.27 bits per heavy atom. The maximum Gasteiger partial charge on any atom is 0.201 e. The Balaban J connectivity index is 1.91. The van der Waals surface area contributed by atoms with Gasteiger partial charge in [-0.3, -0.25) is 0 Å². The first-order valence-electron chi connectivity index (χ1n) is 5.23. The summed E-state index contributed by atoms with van der Waals surface area (Å²) in [6.45, 7) is 0. The molecule has 0 amide bonds. The minimum Gasteiger partial charge on any atom is -0.353 e. The minimum atomic E-state index is -0.235. The van der Waals surface area contributed by atoms with Crippen molar-refractivity contribution in [3.63, 3.8) is 0 Å². The van der Waals surface area contributed by atoms with Gasteiger partial charge < -0.3 is 10.3 Å². The molecule has 0 bridgehead atoms. The van der Waals surface area contributed by atoms with Crippen LogP contribution in [0.15, 0.2) is 18.2 Å². The van der Waals surface area contributed by atoms with Crippen molar-refractivity contribution in [1.82, 2.24) is 9.97 Å². The van der Waals surface area contributed by atoms with E-state index in [2.05, 4.69) is 15.3 Å². The van der Waals surface area contributed by atoms with Gasteiger partial charge in [0.15, 0.2) is 0 Å². The highest BCUT2D eigenvalue weighted by Gasteiger charge is 2.18. The van der Waals surface area contributed by atoms with Crippen molar-refractivity contribution in [3.05, 3.63) is 24.0 Å². The van der Waals surface area contributed by atoms with Gasteiger partial charge in [-0.25, -0.2) is 9.37 Å². The molecular weight excluding hydrogens is 193 g/mol. The number of hydrogen-bond donors (Lipinski definition) is 2. The molecule has 1 fully saturated rings. The Morgan fingerprint density at radius 1 is 1.40 bits per heavy atom. The van der Waals surface area contributed by atoms with Crippen LogP contribution in [0.1, 0.15) is 19.3 Å². The monoisotopic (exact) mass is 205 g/mol. The van der Waals surface area contributed by atoms with Crippen LogP contribution in [0.4, 0.5) is 10.3 Å². The highest BCUT2D eigenvalue weighted by molar-refractivity contribution is 5.77. The first kappa shape index (κ1) is 8.71. The van der Waals surface area contributed by atoms with Crippen LogP contribution in [0.25, 0.3) is 11.0 Å². The quantitative estimate of drug-likeness (QED) is 0.791. The van der Waals surface area contributed by atoms with E-state index in [0.717, 1.165) is 17.0 Å². The maximum atomic E-state index is 12.9. The Labute approximate surface area is 86.7 Å². The molecule has 0 atom stereocenters. The standard InChI is InChI=1S/C11H12FN3/c12-7-4-5-9-10(6-7)15-11(14-9)13-8-2-1-3-8/h4-6,8H,1-3H2,(H2,13,14,15). The Morgan fingerprint density at radius 3 is 3.00 bits per heavy atom. The molecular formula is C11H12FN3. The molecule has 78 valence electrons. The van der Waals surface area contributed by atoms with Crippen molar-refractivity contribution >= 4 is 17.0 Å². The average Bonchev–Trinajstić information content (AvgIpc) is 2.53. The summed E-state index contributed by atoms with van der Waals surface area (Å²) >= 11 is 0. The molecule has 2 N–H and O–H groups in total. The number of fused-ring (bicyclic) bond motifs is 1. The maximum absolute atomic E-state index is 12.9. The third-order valence-electron chi connectivity index (χ3n) is 2.89. The van der Waals surface area contributed by atoms with E-state index in [4.69, 9.17) is 0 Å². The van der Waals surface area contributed by atoms with Crippen LogP contribution in [-0.2, 0) is 0 Å². The largest absolute Gasteiger partial charge is 0.353 e. The van der Waals surface area contributed by atoms with E-state index in [9.17, 15) is 4.39 Å². The highest BCUT2D eigenvalue weighted by atomic mass is 19.1. The number of nitrogens with zero attached hydrogens (tertiary/aromatic N) is 1. The summed E-state index contributed by atoms with van der Waals surface area (Å²) < 4.78 is 12.9. The summed E-state index contributed by atoms with van der Waals surface area (Å²) in [5.41, 5.74) is 1.55. The van der Waals surface area contributed by atoms with Crippen molar-refractivity contribution in [2.45, 2.75) is 25.3 Å². The lowest BCUT2D eigenvalue weighted by Gasteiger charge is -2.25. The molecule has 0 saturated heterocycles. The zero-order chi connectivity index (χ0) is 10.3. The molecule has 3 rings (SSSR count). The van der Waals surface area contributed by atoms with Gasteiger partial charge in [-0.2, -0.15) is 0 Å². The van der Waals surface area contributed by atoms with Gasteiger partial charge in [0.1, 0.15) is 5.82 Å². The van der Waals surface area contributed by atoms with Crippen molar-refractivity contribution in [3.8, 4) is 0 Å². The zero-order valence-electron chi connectivity index (χ0n) is 8.26. The van der Waals surface area contributed by atoms with E-state index in [1.807, 2.05) is 0 Å². The van der Waals surface area contributed by atoms with E-state index in [1.165, 1.54) is 31.4 Å². The third-order valence-corrected chi connectivity index (χ3v) is 2.89. The van der Waals surface area contributed by atoms with E-state index in [-0.39, 0.29) is 5.82 Å². The molecule has 4 heteroatoms. The third kappa shape index (κ3) is 1.56. The lowest BCUT2D eigenvalue weighted by Crippen LogP contribution is -2.27. The number of benzene rings is 1. The van der Waals surface area contributed by atoms with Gasteiger partial charge in [0.05, 0.1) is 11.0 Å². The molecule has 1 aromatic heterocycles. The summed E-state index contributed by atoms with van der Waals surface area (Å²) in [6.07, 6.45) is 3.68. The zero-order valence-corrected chi connectivity index (χ0v) is 8.26. The molecule has 2 aromatic rings. The second kappa shape index (κ2) is 3.22. The predicted molar refractivity (Wildman–Crippen MR) is 57.3 cm³/mol. The lowest BCUT2D eigenvalue weighted by molar-refractivity contribution is 0.443. The predicted octanol–water partition coefficient (Wildman–Crippen LogP) is 2.67. The number of anilines is 1. The molecule has 1 heterocycles. The van der Waals surface area contributed by atoms with E-state index in [1.54, 1.807) is 6.07 Å². The van der Waals surface area contributed by atoms with E-state index < -0.39 is 0 Å². The van der Waals surface area contributed by atoms with Crippen molar-refractivity contribution in [2.75, 3.05) is 5.32 Å². The summed E-state index contributed by atoms with van der Waals surface area (Å²) in [6, 6.07) is 5.12. The van der Waals surface area contributed by atoms with Gasteiger partial charge >= 0.3 is 0 Å². The molecule has 0 unspecified atom stereocenters. The van der Waals surface area contributed by atoms with Crippen LogP contribution < -0.4 is 5.32 Å². The van der Waals surface area contributed by atoms with Crippen molar-refractivity contribution in [2.24, 2.45) is 0 Å². The molecule has 3 nitrogen and oxygen atoms in total. The number of H-pyrrole nitrogens is 1. The van der Waals surface area contributed by atoms with Crippen LogP contribution in [0.5, 0.6) is 0 Å². The van der Waals surface area contributed by atoms with Crippen LogP contribution in [0.2, 0.25) is 0 Å². The number of rotatable bonds is 2. The second-order valence-corrected chi connectivity index (χ2v) is 4.02. The fraction of sp³-hybridized carbons (Fsp3) is 0.364. The fourth-order valence-electron chi connectivity index (χ4n) is 1.80. The Bertz CT molecular complexity index is 488. The normalized spacial score (nSPS) is 16.6. The van der Waals surface area contributed by atoms with Crippen LogP contribution >= 0.6 is 0 Å². The molecule has 1 aliphatic carbocycles. The molecule has 15 heavy (non-hydrogen) atoms. The summed E-state index contributed by atoms with van der Waals surface area (Å²) in [7, 11) is 0. The number of imidazole rings is 1. The first-order chi connectivity index (χ1) is 7.31. The first-order valence-corrected chi connectivity index (χ1v) is 5.23. The van der Waals surface area contributed by atoms with Gasteiger partial charge in [0.25, 0.3) is 0 Å². The summed E-state index contributed by atoms with van der Waals surface area (Å²) in [5, 5.41) is 3.30. The van der Waals surface area contributed by atoms with Crippen molar-refractivity contribution in [1.29, 1.82) is 0 Å². The SMILES string of the molecule is Fc1ccc2nc(NC3CCC3)[nH]c2c1. The summed E-state index contributed by atoms with van der Waals surface area (Å²) in [5.74, 6) is 0.515. The number of aromatic amines is 1. The van der Waals surface area contributed by atoms with Gasteiger partial charge in [-0.05, 0) is 37.5 Å². The molecule has 1 aliphatic rings. The van der Waals surface area contributed by atoms with Gasteiger partial charge in [-0.1, -0.05) is 0 Å². The van der Waals surface area contributed by atoms with Crippen molar-refractivity contribution < 1.29 is 4.39 Å². The smallest absolute Gasteiger partial charge is 0.201 e. The Hall–Kier alpha value is -1.58. The molecule has 1 aromatic carbocycles. The molecule has 1 saturated carbocycles. The summed E-state index contributed by atoms with van der Waals surface area (Å²) in [4.78, 5) is 7.42. The second-order valence-electron chi connectivity index (χ2n) is 4.02. The molecule has 0 aliphatic heterocycles. The topological polar surface area (TPSA) is 40.7 Å². The van der Waals surface area contributed by atoms with Gasteiger partial charge in [-0.15, -0.1) is 0 Å². The fourth-order valence-corrected chi connectivity index (χ4v) is 1.80. The number of halogens is 1. The molecule has 0 spiro atoms. The number of aromatic nitrogens is 2. The van der Waals surface area contributed by atoms with Crippen LogP contribution in [0, 0.1) is 5.82 Å². The molecule has 0 radical (unpaired) electrons. The van der Waals surface area contributed by atoms with E-state index in [0.29, 0.717) is 6.04 Å². The number of nitrogens with one attached hydrogen (secondary N) is 2. The van der Waals surface area contributed by atoms with E-state index >= 15 is 0 Å². The van der Waals surface area contributed by atoms with Gasteiger partial charge in [0.2, 0.25) is 5.95 Å². The highest BCUT2D eigenvalue weighted by Crippen LogP contribution is 2.23. The van der Waals surface area contributed by atoms with Crippen LogP contribution in [-0.4, -0.2) is 16.0 Å². The lowest BCUT2D eigenvalue weighted by atomic mass is 9.93. The minimum absolute atomic E-state index is 0.235.